The predicted molar refractivity (Wildman–Crippen MR) is 213 cm³/mol. The van der Waals surface area contributed by atoms with Crippen LogP contribution in [0.4, 0.5) is 0 Å². The van der Waals surface area contributed by atoms with E-state index in [9.17, 15) is 19.8 Å². The van der Waals surface area contributed by atoms with Gasteiger partial charge in [0.25, 0.3) is 0 Å². The first-order valence-electron chi connectivity index (χ1n) is 20.1. The lowest BCUT2D eigenvalue weighted by atomic mass is 9.84. The summed E-state index contributed by atoms with van der Waals surface area (Å²) in [6, 6.07) is 17.1. The van der Waals surface area contributed by atoms with Crippen molar-refractivity contribution in [2.45, 2.75) is 77.0 Å². The van der Waals surface area contributed by atoms with Gasteiger partial charge in [0, 0.05) is 31.2 Å². The Kier molecular flexibility index (Phi) is 11.3. The lowest BCUT2D eigenvalue weighted by Gasteiger charge is -2.50. The number of fused-ring (bicyclic) bond motifs is 2. The zero-order valence-electron chi connectivity index (χ0n) is 34.7. The smallest absolute Gasteiger partial charge is 0.204 e. The minimum absolute atomic E-state index is 0.120. The largest absolute Gasteiger partial charge is 0.544 e. The number of hydrogen-bond acceptors (Lipinski definition) is 10. The molecule has 12 heteroatoms. The number of rotatable bonds is 10. The molecular weight excluding hydrogens is 741 g/mol. The molecule has 0 amide bonds. The van der Waals surface area contributed by atoms with E-state index < -0.39 is 30.1 Å². The van der Waals surface area contributed by atoms with Crippen LogP contribution in [0.5, 0.6) is 46.0 Å². The maximum atomic E-state index is 12.8. The lowest BCUT2D eigenvalue weighted by molar-refractivity contribution is -0.956. The second-order valence-corrected chi connectivity index (χ2v) is 16.3. The molecule has 0 saturated carbocycles. The Labute approximate surface area is 340 Å². The number of carbonyl (C=O) groups excluding carboxylic acids is 2. The number of carbonyl (C=O) groups is 2. The van der Waals surface area contributed by atoms with Gasteiger partial charge < -0.3 is 57.2 Å². The Morgan fingerprint density at radius 3 is 1.91 bits per heavy atom. The van der Waals surface area contributed by atoms with Gasteiger partial charge in [0.15, 0.2) is 34.5 Å². The molecule has 0 radical (unpaired) electrons. The minimum Gasteiger partial charge on any atom is -0.544 e. The number of methoxy groups -OCH3 is 3. The highest BCUT2D eigenvalue weighted by Gasteiger charge is 2.48. The fraction of sp³-hybridized carbons (Fsp3) is 0.435. The Morgan fingerprint density at radius 2 is 1.29 bits per heavy atom. The summed E-state index contributed by atoms with van der Waals surface area (Å²) in [5, 5.41) is 25.5. The maximum absolute atomic E-state index is 12.8. The summed E-state index contributed by atoms with van der Waals surface area (Å²) in [5.41, 5.74) is 5.62. The summed E-state index contributed by atoms with van der Waals surface area (Å²) in [6.45, 7) is 6.88. The highest BCUT2D eigenvalue weighted by Crippen LogP contribution is 2.54. The Bertz CT molecular complexity index is 2210. The normalized spacial score (nSPS) is 23.1. The molecule has 58 heavy (non-hydrogen) atoms. The quantitative estimate of drug-likeness (QED) is 0.196. The van der Waals surface area contributed by atoms with Crippen LogP contribution in [0.15, 0.2) is 60.7 Å². The number of nitrogens with zero attached hydrogens (tertiary/aromatic N) is 2. The van der Waals surface area contributed by atoms with Crippen molar-refractivity contribution >= 4 is 11.9 Å². The van der Waals surface area contributed by atoms with Gasteiger partial charge in [0.1, 0.15) is 29.9 Å². The molecule has 0 aliphatic carbocycles. The Balaban J connectivity index is 1.55. The van der Waals surface area contributed by atoms with Crippen molar-refractivity contribution in [3.63, 3.8) is 0 Å². The number of carboxylic acid groups (broad SMARTS) is 2. The van der Waals surface area contributed by atoms with Crippen molar-refractivity contribution in [2.24, 2.45) is 0 Å². The summed E-state index contributed by atoms with van der Waals surface area (Å²) in [7, 11) is 8.74. The van der Waals surface area contributed by atoms with E-state index in [-0.39, 0.29) is 15.0 Å². The molecule has 4 aliphatic rings. The van der Waals surface area contributed by atoms with Crippen molar-refractivity contribution in [3.05, 3.63) is 94.0 Å². The standard InChI is InChI=1S/C46H54N2O10/c1-9-20-56-43-41(55-8)25-32-17-19-48(5,28(3)46(51)52)36-22-30-12-15-37(53-6)39(23-30)57-33-13-10-29(11-14-33)21-35-34-26-40(58-44(43)42(32)36)38(54-7)24-31(34)16-18-47(35,4)27(2)45(49)50/h10-15,23-28,35-36H,9,16-22H2,1-8H3. The summed E-state index contributed by atoms with van der Waals surface area (Å²) in [6.07, 6.45) is 2.78. The molecule has 0 aromatic heterocycles. The van der Waals surface area contributed by atoms with Crippen LogP contribution in [0.25, 0.3) is 0 Å². The van der Waals surface area contributed by atoms with Crippen LogP contribution in [0.3, 0.4) is 0 Å². The molecule has 4 aromatic rings. The molecule has 0 fully saturated rings. The van der Waals surface area contributed by atoms with E-state index in [0.717, 1.165) is 33.4 Å². The summed E-state index contributed by atoms with van der Waals surface area (Å²) in [5.74, 6) is 1.61. The van der Waals surface area contributed by atoms with Crippen molar-refractivity contribution < 1.29 is 57.2 Å². The monoisotopic (exact) mass is 794 g/mol. The van der Waals surface area contributed by atoms with Gasteiger partial charge >= 0.3 is 0 Å². The topological polar surface area (TPSA) is 136 Å². The molecule has 6 bridgehead atoms. The fourth-order valence-electron chi connectivity index (χ4n) is 9.22. The zero-order valence-corrected chi connectivity index (χ0v) is 34.7. The molecule has 8 rings (SSSR count). The first-order valence-corrected chi connectivity index (χ1v) is 20.1. The molecular formula is C46H54N2O10. The third-order valence-electron chi connectivity index (χ3n) is 13.2. The van der Waals surface area contributed by atoms with Crippen LogP contribution in [0.2, 0.25) is 0 Å². The summed E-state index contributed by atoms with van der Waals surface area (Å²) in [4.78, 5) is 25.5. The molecule has 4 aromatic carbocycles. The van der Waals surface area contributed by atoms with Gasteiger partial charge in [0.2, 0.25) is 5.75 Å². The molecule has 0 saturated heterocycles. The number of benzene rings is 4. The van der Waals surface area contributed by atoms with Crippen molar-refractivity contribution in [3.8, 4) is 46.0 Å². The highest BCUT2D eigenvalue weighted by molar-refractivity contribution is 5.70. The minimum atomic E-state index is -1.15. The number of ether oxygens (including phenoxy) is 6. The molecule has 6 atom stereocenters. The lowest BCUT2D eigenvalue weighted by Crippen LogP contribution is -2.62. The van der Waals surface area contributed by atoms with E-state index in [1.807, 2.05) is 81.7 Å². The molecule has 0 N–H and O–H groups in total. The van der Waals surface area contributed by atoms with E-state index in [1.54, 1.807) is 35.2 Å². The Hall–Kier alpha value is -5.46. The van der Waals surface area contributed by atoms with E-state index in [2.05, 4.69) is 0 Å². The molecule has 4 aliphatic heterocycles. The van der Waals surface area contributed by atoms with Crippen LogP contribution in [0, 0.1) is 0 Å². The third kappa shape index (κ3) is 7.17. The fourth-order valence-corrected chi connectivity index (χ4v) is 9.22. The summed E-state index contributed by atoms with van der Waals surface area (Å²) < 4.78 is 38.3. The predicted octanol–water partition coefficient (Wildman–Crippen LogP) is 5.25. The second kappa shape index (κ2) is 16.1. The molecule has 308 valence electrons. The maximum Gasteiger partial charge on any atom is 0.204 e. The van der Waals surface area contributed by atoms with Crippen LogP contribution in [0.1, 0.15) is 72.7 Å². The number of likely N-dealkylation sites (N-methyl/N-ethyl adjacent to an activating group) is 2. The number of quaternary nitrogens is 2. The van der Waals surface area contributed by atoms with E-state index in [0.29, 0.717) is 97.8 Å². The molecule has 4 heterocycles. The van der Waals surface area contributed by atoms with Crippen molar-refractivity contribution in [1.82, 2.24) is 0 Å². The van der Waals surface area contributed by atoms with Gasteiger partial charge in [-0.2, -0.15) is 0 Å². The van der Waals surface area contributed by atoms with Gasteiger partial charge in [-0.3, -0.25) is 0 Å². The van der Waals surface area contributed by atoms with Gasteiger partial charge in [-0.1, -0.05) is 25.1 Å². The zero-order chi connectivity index (χ0) is 41.5. The number of carboxylic acids is 2. The van der Waals surface area contributed by atoms with Gasteiger partial charge in [-0.05, 0) is 85.0 Å². The second-order valence-electron chi connectivity index (χ2n) is 16.3. The first kappa shape index (κ1) is 40.7. The number of aliphatic carboxylic acids is 2. The molecule has 12 nitrogen and oxygen atoms in total. The highest BCUT2D eigenvalue weighted by atomic mass is 16.6. The average Bonchev–Trinajstić information content (AvgIpc) is 3.21. The van der Waals surface area contributed by atoms with Gasteiger partial charge in [0.05, 0.1) is 72.6 Å². The average molecular weight is 795 g/mol. The Morgan fingerprint density at radius 1 is 0.724 bits per heavy atom. The third-order valence-corrected chi connectivity index (χ3v) is 13.2. The first-order chi connectivity index (χ1) is 27.8. The molecule has 0 spiro atoms. The van der Waals surface area contributed by atoms with Crippen LogP contribution < -0.4 is 38.6 Å². The van der Waals surface area contributed by atoms with E-state index in [1.165, 1.54) is 0 Å². The van der Waals surface area contributed by atoms with Crippen LogP contribution >= 0.6 is 0 Å². The van der Waals surface area contributed by atoms with Gasteiger partial charge in [-0.15, -0.1) is 0 Å². The van der Waals surface area contributed by atoms with Gasteiger partial charge in [-0.25, -0.2) is 0 Å². The SMILES string of the molecule is CCCOc1c(OC)cc2c3c1Oc1cc4c(cc1OC)CC[N+](C)(C(C)C(=O)[O-])C4Cc1ccc(cc1)Oc1cc(ccc1OC)CC3[N+](C)(C(C)C(=O)[O-])CC2. The summed E-state index contributed by atoms with van der Waals surface area (Å²) >= 11 is 0. The van der Waals surface area contributed by atoms with E-state index in [4.69, 9.17) is 28.4 Å². The van der Waals surface area contributed by atoms with Crippen molar-refractivity contribution in [1.29, 1.82) is 0 Å². The number of hydrogen-bond donors (Lipinski definition) is 0. The van der Waals surface area contributed by atoms with Crippen LogP contribution in [-0.2, 0) is 35.3 Å². The molecule has 6 unspecified atom stereocenters. The van der Waals surface area contributed by atoms with E-state index >= 15 is 0 Å². The van der Waals surface area contributed by atoms with Crippen molar-refractivity contribution in [2.75, 3.05) is 55.1 Å². The van der Waals surface area contributed by atoms with Crippen LogP contribution in [-0.4, -0.2) is 88.1 Å².